The Morgan fingerprint density at radius 1 is 1.11 bits per heavy atom. The standard InChI is InChI=1S/C15H25NO2/c1-5-9-18-14-11-12(6-7-13(14)16)17-10-8-15(2,3)4/h6-7,11H,5,8-10,16H2,1-4H3. The first-order valence-electron chi connectivity index (χ1n) is 6.57. The van der Waals surface area contributed by atoms with Crippen molar-refractivity contribution in [3.05, 3.63) is 18.2 Å². The van der Waals surface area contributed by atoms with Crippen LogP contribution in [-0.4, -0.2) is 13.2 Å². The molecule has 0 atom stereocenters. The lowest BCUT2D eigenvalue weighted by Crippen LogP contribution is -2.11. The molecular weight excluding hydrogens is 226 g/mol. The Bertz CT molecular complexity index is 369. The van der Waals surface area contributed by atoms with E-state index in [0.29, 0.717) is 24.7 Å². The topological polar surface area (TPSA) is 44.5 Å². The zero-order valence-electron chi connectivity index (χ0n) is 12.0. The smallest absolute Gasteiger partial charge is 0.145 e. The molecule has 102 valence electrons. The maximum atomic E-state index is 5.85. The Labute approximate surface area is 110 Å². The number of ether oxygens (including phenoxy) is 2. The van der Waals surface area contributed by atoms with Crippen molar-refractivity contribution >= 4 is 5.69 Å². The van der Waals surface area contributed by atoms with Crippen LogP contribution in [0.3, 0.4) is 0 Å². The molecule has 2 N–H and O–H groups in total. The van der Waals surface area contributed by atoms with E-state index < -0.39 is 0 Å². The second-order valence-corrected chi connectivity index (χ2v) is 5.71. The van der Waals surface area contributed by atoms with Gasteiger partial charge in [0.25, 0.3) is 0 Å². The van der Waals surface area contributed by atoms with Crippen molar-refractivity contribution in [2.45, 2.75) is 40.5 Å². The second-order valence-electron chi connectivity index (χ2n) is 5.71. The second kappa shape index (κ2) is 6.53. The van der Waals surface area contributed by atoms with Crippen LogP contribution in [-0.2, 0) is 0 Å². The van der Waals surface area contributed by atoms with Crippen LogP contribution in [0.1, 0.15) is 40.5 Å². The van der Waals surface area contributed by atoms with Gasteiger partial charge in [-0.05, 0) is 30.4 Å². The van der Waals surface area contributed by atoms with Crippen LogP contribution >= 0.6 is 0 Å². The highest BCUT2D eigenvalue weighted by molar-refractivity contribution is 5.55. The zero-order chi connectivity index (χ0) is 13.6. The third-order valence-electron chi connectivity index (χ3n) is 2.57. The van der Waals surface area contributed by atoms with Crippen molar-refractivity contribution in [2.75, 3.05) is 18.9 Å². The molecule has 1 aromatic rings. The summed E-state index contributed by atoms with van der Waals surface area (Å²) >= 11 is 0. The summed E-state index contributed by atoms with van der Waals surface area (Å²) in [5, 5.41) is 0. The van der Waals surface area contributed by atoms with Crippen molar-refractivity contribution in [3.8, 4) is 11.5 Å². The van der Waals surface area contributed by atoms with Gasteiger partial charge in [-0.2, -0.15) is 0 Å². The summed E-state index contributed by atoms with van der Waals surface area (Å²) in [5.74, 6) is 1.53. The normalized spacial score (nSPS) is 11.3. The van der Waals surface area contributed by atoms with E-state index >= 15 is 0 Å². The minimum absolute atomic E-state index is 0.287. The first-order chi connectivity index (χ1) is 8.42. The van der Waals surface area contributed by atoms with E-state index in [9.17, 15) is 0 Å². The minimum atomic E-state index is 0.287. The maximum Gasteiger partial charge on any atom is 0.145 e. The molecule has 0 bridgehead atoms. The van der Waals surface area contributed by atoms with Crippen molar-refractivity contribution in [1.29, 1.82) is 0 Å². The maximum absolute atomic E-state index is 5.85. The molecule has 1 rings (SSSR count). The van der Waals surface area contributed by atoms with Crippen molar-refractivity contribution in [1.82, 2.24) is 0 Å². The van der Waals surface area contributed by atoms with Crippen LogP contribution in [0.4, 0.5) is 5.69 Å². The monoisotopic (exact) mass is 251 g/mol. The van der Waals surface area contributed by atoms with E-state index in [1.165, 1.54) is 0 Å². The molecule has 0 radical (unpaired) electrons. The number of anilines is 1. The highest BCUT2D eigenvalue weighted by Gasteiger charge is 2.10. The van der Waals surface area contributed by atoms with Crippen LogP contribution < -0.4 is 15.2 Å². The van der Waals surface area contributed by atoms with Gasteiger partial charge in [0, 0.05) is 6.07 Å². The zero-order valence-corrected chi connectivity index (χ0v) is 12.0. The van der Waals surface area contributed by atoms with Crippen LogP contribution in [0, 0.1) is 5.41 Å². The summed E-state index contributed by atoms with van der Waals surface area (Å²) in [5.41, 5.74) is 6.79. The third-order valence-corrected chi connectivity index (χ3v) is 2.57. The van der Waals surface area contributed by atoms with Gasteiger partial charge in [-0.1, -0.05) is 27.7 Å². The number of hydrogen-bond donors (Lipinski definition) is 1. The molecule has 3 nitrogen and oxygen atoms in total. The summed E-state index contributed by atoms with van der Waals surface area (Å²) in [7, 11) is 0. The van der Waals surface area contributed by atoms with E-state index in [-0.39, 0.29) is 5.41 Å². The Hall–Kier alpha value is -1.38. The molecule has 18 heavy (non-hydrogen) atoms. The van der Waals surface area contributed by atoms with Crippen LogP contribution in [0.2, 0.25) is 0 Å². The summed E-state index contributed by atoms with van der Waals surface area (Å²) in [6.45, 7) is 10.1. The molecule has 1 aromatic carbocycles. The van der Waals surface area contributed by atoms with Crippen LogP contribution in [0.5, 0.6) is 11.5 Å². The van der Waals surface area contributed by atoms with E-state index in [0.717, 1.165) is 18.6 Å². The van der Waals surface area contributed by atoms with Crippen LogP contribution in [0.15, 0.2) is 18.2 Å². The SMILES string of the molecule is CCCOc1cc(OCCC(C)(C)C)ccc1N. The quantitative estimate of drug-likeness (QED) is 0.780. The minimum Gasteiger partial charge on any atom is -0.493 e. The third kappa shape index (κ3) is 5.30. The Morgan fingerprint density at radius 3 is 2.44 bits per heavy atom. The fourth-order valence-corrected chi connectivity index (χ4v) is 1.42. The number of nitrogen functional groups attached to an aromatic ring is 1. The largest absolute Gasteiger partial charge is 0.493 e. The van der Waals surface area contributed by atoms with Gasteiger partial charge in [-0.15, -0.1) is 0 Å². The molecule has 0 aliphatic heterocycles. The van der Waals surface area contributed by atoms with E-state index in [1.54, 1.807) is 0 Å². The predicted octanol–water partition coefficient (Wildman–Crippen LogP) is 3.87. The Kier molecular flexibility index (Phi) is 5.32. The highest BCUT2D eigenvalue weighted by atomic mass is 16.5. The average molecular weight is 251 g/mol. The van der Waals surface area contributed by atoms with Crippen molar-refractivity contribution < 1.29 is 9.47 Å². The summed E-state index contributed by atoms with van der Waals surface area (Å²) in [4.78, 5) is 0. The summed E-state index contributed by atoms with van der Waals surface area (Å²) < 4.78 is 11.3. The molecule has 0 saturated heterocycles. The van der Waals surface area contributed by atoms with Gasteiger partial charge in [0.1, 0.15) is 11.5 Å². The highest BCUT2D eigenvalue weighted by Crippen LogP contribution is 2.28. The van der Waals surface area contributed by atoms with Crippen molar-refractivity contribution in [2.24, 2.45) is 5.41 Å². The molecule has 0 fully saturated rings. The first kappa shape index (κ1) is 14.7. The lowest BCUT2D eigenvalue weighted by molar-refractivity contribution is 0.241. The van der Waals surface area contributed by atoms with Crippen molar-refractivity contribution in [3.63, 3.8) is 0 Å². The van der Waals surface area contributed by atoms with Gasteiger partial charge >= 0.3 is 0 Å². The first-order valence-corrected chi connectivity index (χ1v) is 6.57. The Morgan fingerprint density at radius 2 is 1.83 bits per heavy atom. The number of benzene rings is 1. The molecule has 0 spiro atoms. The van der Waals surface area contributed by atoms with Crippen LogP contribution in [0.25, 0.3) is 0 Å². The molecule has 0 aliphatic rings. The predicted molar refractivity (Wildman–Crippen MR) is 76.2 cm³/mol. The molecule has 0 saturated carbocycles. The lowest BCUT2D eigenvalue weighted by atomic mass is 9.93. The molecule has 0 amide bonds. The fourth-order valence-electron chi connectivity index (χ4n) is 1.42. The molecule has 0 aromatic heterocycles. The number of hydrogen-bond acceptors (Lipinski definition) is 3. The van der Waals surface area contributed by atoms with Gasteiger partial charge < -0.3 is 15.2 Å². The van der Waals surface area contributed by atoms with Gasteiger partial charge in [0.2, 0.25) is 0 Å². The van der Waals surface area contributed by atoms with E-state index in [1.807, 2.05) is 18.2 Å². The van der Waals surface area contributed by atoms with Gasteiger partial charge in [0.05, 0.1) is 18.9 Å². The number of nitrogens with two attached hydrogens (primary N) is 1. The lowest BCUT2D eigenvalue weighted by Gasteiger charge is -2.18. The molecule has 0 aliphatic carbocycles. The molecule has 0 unspecified atom stereocenters. The number of rotatable bonds is 6. The van der Waals surface area contributed by atoms with Gasteiger partial charge in [-0.3, -0.25) is 0 Å². The van der Waals surface area contributed by atoms with Gasteiger partial charge in [0.15, 0.2) is 0 Å². The fraction of sp³-hybridized carbons (Fsp3) is 0.600. The summed E-state index contributed by atoms with van der Waals surface area (Å²) in [6.07, 6.45) is 1.98. The summed E-state index contributed by atoms with van der Waals surface area (Å²) in [6, 6.07) is 5.59. The average Bonchev–Trinajstić information content (AvgIpc) is 2.28. The van der Waals surface area contributed by atoms with Gasteiger partial charge in [-0.25, -0.2) is 0 Å². The molecule has 0 heterocycles. The molecule has 3 heteroatoms. The van der Waals surface area contributed by atoms with E-state index in [2.05, 4.69) is 27.7 Å². The molecular formula is C15H25NO2. The Balaban J connectivity index is 2.56. The van der Waals surface area contributed by atoms with E-state index in [4.69, 9.17) is 15.2 Å².